The summed E-state index contributed by atoms with van der Waals surface area (Å²) in [5.41, 5.74) is 3.00. The van der Waals surface area contributed by atoms with Crippen LogP contribution in [0.25, 0.3) is 0 Å². The molecule has 0 aromatic heterocycles. The summed E-state index contributed by atoms with van der Waals surface area (Å²) in [6.45, 7) is 6.33. The van der Waals surface area contributed by atoms with E-state index in [2.05, 4.69) is 21.6 Å². The summed E-state index contributed by atoms with van der Waals surface area (Å²) in [6.07, 6.45) is 0. The number of alkyl halides is 1. The van der Waals surface area contributed by atoms with E-state index < -0.39 is 16.9 Å². The van der Waals surface area contributed by atoms with Crippen molar-refractivity contribution in [3.63, 3.8) is 0 Å². The maximum Gasteiger partial charge on any atom is 0.262 e. The van der Waals surface area contributed by atoms with Crippen LogP contribution in [0, 0.1) is 13.8 Å². The van der Waals surface area contributed by atoms with Gasteiger partial charge in [0.15, 0.2) is 0 Å². The number of halogens is 1. The minimum Gasteiger partial charge on any atom is -0.461 e. The van der Waals surface area contributed by atoms with Gasteiger partial charge in [0.2, 0.25) is 6.86 Å². The van der Waals surface area contributed by atoms with Gasteiger partial charge < -0.3 is 14.5 Å². The molecule has 1 N–H and O–H groups in total. The first-order chi connectivity index (χ1) is 13.3. The van der Waals surface area contributed by atoms with E-state index >= 15 is 0 Å². The summed E-state index contributed by atoms with van der Waals surface area (Å²) >= 11 is 0. The van der Waals surface area contributed by atoms with Crippen LogP contribution in [0.3, 0.4) is 0 Å². The van der Waals surface area contributed by atoms with E-state index in [0.717, 1.165) is 43.0 Å². The zero-order valence-corrected chi connectivity index (χ0v) is 17.2. The number of piperazine rings is 1. The van der Waals surface area contributed by atoms with Gasteiger partial charge in [-0.05, 0) is 56.3 Å². The summed E-state index contributed by atoms with van der Waals surface area (Å²) in [6, 6.07) is 10.0. The molecular formula is C20H26FN3O3S. The summed E-state index contributed by atoms with van der Waals surface area (Å²) in [5.74, 6) is 0.164. The van der Waals surface area contributed by atoms with Crippen molar-refractivity contribution in [1.82, 2.24) is 4.90 Å². The van der Waals surface area contributed by atoms with Crippen LogP contribution in [-0.2, 0) is 10.0 Å². The average molecular weight is 408 g/mol. The highest BCUT2D eigenvalue weighted by Crippen LogP contribution is 2.30. The quantitative estimate of drug-likeness (QED) is 0.797. The molecular weight excluding hydrogens is 381 g/mol. The minimum absolute atomic E-state index is 0.164. The van der Waals surface area contributed by atoms with E-state index in [1.165, 1.54) is 0 Å². The lowest BCUT2D eigenvalue weighted by Gasteiger charge is -2.35. The molecule has 28 heavy (non-hydrogen) atoms. The summed E-state index contributed by atoms with van der Waals surface area (Å²) in [5, 5.41) is 0. The Morgan fingerprint density at radius 1 is 1.07 bits per heavy atom. The van der Waals surface area contributed by atoms with Gasteiger partial charge in [0, 0.05) is 31.9 Å². The molecule has 8 heteroatoms. The van der Waals surface area contributed by atoms with Gasteiger partial charge in [-0.3, -0.25) is 4.72 Å². The largest absolute Gasteiger partial charge is 0.461 e. The van der Waals surface area contributed by atoms with Crippen molar-refractivity contribution in [3.05, 3.63) is 47.5 Å². The molecule has 0 aliphatic carbocycles. The Kier molecular flexibility index (Phi) is 6.10. The Bertz CT molecular complexity index is 942. The zero-order chi connectivity index (χ0) is 20.3. The lowest BCUT2D eigenvalue weighted by atomic mass is 10.1. The van der Waals surface area contributed by atoms with E-state index in [-0.39, 0.29) is 16.3 Å². The van der Waals surface area contributed by atoms with Gasteiger partial charge in [-0.2, -0.15) is 0 Å². The molecule has 2 aromatic rings. The molecule has 0 spiro atoms. The van der Waals surface area contributed by atoms with Gasteiger partial charge >= 0.3 is 0 Å². The smallest absolute Gasteiger partial charge is 0.262 e. The van der Waals surface area contributed by atoms with Gasteiger partial charge in [0.1, 0.15) is 5.75 Å². The maximum absolute atomic E-state index is 13.0. The first-order valence-electron chi connectivity index (χ1n) is 9.16. The van der Waals surface area contributed by atoms with E-state index in [9.17, 15) is 12.8 Å². The molecule has 1 saturated heterocycles. The van der Waals surface area contributed by atoms with Crippen molar-refractivity contribution in [2.24, 2.45) is 0 Å². The van der Waals surface area contributed by atoms with Crippen molar-refractivity contribution >= 4 is 21.4 Å². The molecule has 0 unspecified atom stereocenters. The van der Waals surface area contributed by atoms with Crippen molar-refractivity contribution in [2.45, 2.75) is 18.7 Å². The highest BCUT2D eigenvalue weighted by Gasteiger charge is 2.21. The number of benzene rings is 2. The summed E-state index contributed by atoms with van der Waals surface area (Å²) < 4.78 is 46.0. The van der Waals surface area contributed by atoms with Crippen molar-refractivity contribution in [3.8, 4) is 5.75 Å². The molecule has 2 aromatic carbocycles. The fourth-order valence-electron chi connectivity index (χ4n) is 3.24. The molecule has 0 radical (unpaired) electrons. The van der Waals surface area contributed by atoms with Crippen LogP contribution >= 0.6 is 0 Å². The number of ether oxygens (including phenoxy) is 1. The molecule has 0 bridgehead atoms. The number of nitrogens with zero attached hydrogens (tertiary/aromatic N) is 2. The number of anilines is 2. The molecule has 1 aliphatic heterocycles. The van der Waals surface area contributed by atoms with Crippen molar-refractivity contribution in [1.29, 1.82) is 0 Å². The number of sulfonamides is 1. The van der Waals surface area contributed by atoms with E-state index in [1.54, 1.807) is 30.3 Å². The molecule has 6 nitrogen and oxygen atoms in total. The first kappa shape index (κ1) is 20.4. The number of aryl methyl sites for hydroxylation is 2. The Morgan fingerprint density at radius 2 is 1.79 bits per heavy atom. The number of hydrogen-bond donors (Lipinski definition) is 1. The van der Waals surface area contributed by atoms with Crippen LogP contribution in [-0.4, -0.2) is 53.4 Å². The SMILES string of the molecule is Cc1ccc(NS(=O)(=O)c2ccc(C)c(N3CCN(C)CC3)c2)c(OCF)c1. The third kappa shape index (κ3) is 4.56. The second-order valence-electron chi connectivity index (χ2n) is 7.10. The molecule has 1 fully saturated rings. The number of likely N-dealkylation sites (N-methyl/N-ethyl adjacent to an activating group) is 1. The normalized spacial score (nSPS) is 15.5. The van der Waals surface area contributed by atoms with Gasteiger partial charge in [-0.1, -0.05) is 12.1 Å². The van der Waals surface area contributed by atoms with E-state index in [0.29, 0.717) is 0 Å². The molecule has 152 valence electrons. The Balaban J connectivity index is 1.89. The number of hydrogen-bond acceptors (Lipinski definition) is 5. The van der Waals surface area contributed by atoms with Gasteiger partial charge in [-0.25, -0.2) is 12.8 Å². The van der Waals surface area contributed by atoms with E-state index in [1.807, 2.05) is 19.9 Å². The fraction of sp³-hybridized carbons (Fsp3) is 0.400. The van der Waals surface area contributed by atoms with Crippen LogP contribution in [0.15, 0.2) is 41.3 Å². The third-order valence-electron chi connectivity index (χ3n) is 4.93. The minimum atomic E-state index is -3.85. The Hall–Kier alpha value is -2.32. The lowest BCUT2D eigenvalue weighted by molar-refractivity contribution is 0.192. The zero-order valence-electron chi connectivity index (χ0n) is 16.4. The Labute approximate surface area is 166 Å². The first-order valence-corrected chi connectivity index (χ1v) is 10.6. The highest BCUT2D eigenvalue weighted by molar-refractivity contribution is 7.92. The molecule has 1 heterocycles. The number of rotatable bonds is 6. The van der Waals surface area contributed by atoms with Gasteiger partial charge in [0.05, 0.1) is 10.6 Å². The van der Waals surface area contributed by atoms with Crippen molar-refractivity contribution in [2.75, 3.05) is 49.7 Å². The monoisotopic (exact) mass is 407 g/mol. The fourth-order valence-corrected chi connectivity index (χ4v) is 4.33. The highest BCUT2D eigenvalue weighted by atomic mass is 32.2. The predicted octanol–water partition coefficient (Wildman–Crippen LogP) is 3.16. The molecule has 0 amide bonds. The second kappa shape index (κ2) is 8.36. The standard InChI is InChI=1S/C20H26FN3O3S/c1-15-4-7-18(20(12-15)27-14-21)22-28(25,26)17-6-5-16(2)19(13-17)24-10-8-23(3)9-11-24/h4-7,12-13,22H,8-11,14H2,1-3H3. The van der Waals surface area contributed by atoms with Crippen molar-refractivity contribution < 1.29 is 17.5 Å². The molecule has 0 atom stereocenters. The average Bonchev–Trinajstić information content (AvgIpc) is 2.65. The Morgan fingerprint density at radius 3 is 2.46 bits per heavy atom. The second-order valence-corrected chi connectivity index (χ2v) is 8.78. The maximum atomic E-state index is 13.0. The molecule has 3 rings (SSSR count). The van der Waals surface area contributed by atoms with Crippen LogP contribution in [0.4, 0.5) is 15.8 Å². The van der Waals surface area contributed by atoms with Crippen LogP contribution < -0.4 is 14.4 Å². The topological polar surface area (TPSA) is 61.9 Å². The number of nitrogens with one attached hydrogen (secondary N) is 1. The van der Waals surface area contributed by atoms with Crippen LogP contribution in [0.5, 0.6) is 5.75 Å². The molecule has 1 aliphatic rings. The molecule has 0 saturated carbocycles. The summed E-state index contributed by atoms with van der Waals surface area (Å²) in [4.78, 5) is 4.62. The van der Waals surface area contributed by atoms with Crippen LogP contribution in [0.1, 0.15) is 11.1 Å². The van der Waals surface area contributed by atoms with Crippen LogP contribution in [0.2, 0.25) is 0 Å². The van der Waals surface area contributed by atoms with E-state index in [4.69, 9.17) is 4.74 Å². The summed E-state index contributed by atoms with van der Waals surface area (Å²) in [7, 11) is -1.77. The predicted molar refractivity (Wildman–Crippen MR) is 109 cm³/mol. The van der Waals surface area contributed by atoms with Gasteiger partial charge in [-0.15, -0.1) is 0 Å². The third-order valence-corrected chi connectivity index (χ3v) is 6.29. The van der Waals surface area contributed by atoms with Gasteiger partial charge in [0.25, 0.3) is 10.0 Å². The lowest BCUT2D eigenvalue weighted by Crippen LogP contribution is -2.44.